The van der Waals surface area contributed by atoms with Crippen molar-refractivity contribution in [3.8, 4) is 5.75 Å². The predicted octanol–water partition coefficient (Wildman–Crippen LogP) is 1.73. The topological polar surface area (TPSA) is 57.6 Å². The molecular formula is C12H15NO3S. The molecule has 4 nitrogen and oxygen atoms in total. The molecule has 0 saturated carbocycles. The van der Waals surface area contributed by atoms with Crippen LogP contribution in [0.4, 0.5) is 0 Å². The summed E-state index contributed by atoms with van der Waals surface area (Å²) < 4.78 is 25.9. The molecular weight excluding hydrogens is 238 g/mol. The number of sulfonamides is 1. The van der Waals surface area contributed by atoms with Gasteiger partial charge in [-0.25, -0.2) is 8.42 Å². The quantitative estimate of drug-likeness (QED) is 0.817. The minimum absolute atomic E-state index is 0.0679. The molecule has 0 unspecified atom stereocenters. The van der Waals surface area contributed by atoms with Crippen LogP contribution in [0.2, 0.25) is 0 Å². The van der Waals surface area contributed by atoms with Crippen LogP contribution < -0.4 is 0 Å². The normalized spacial score (nSPS) is 17.8. The molecule has 0 atom stereocenters. The van der Waals surface area contributed by atoms with Crippen LogP contribution in [0.15, 0.2) is 40.8 Å². The summed E-state index contributed by atoms with van der Waals surface area (Å²) >= 11 is 0. The Bertz CT molecular complexity index is 531. The molecule has 1 heterocycles. The molecule has 1 aliphatic rings. The van der Waals surface area contributed by atoms with Crippen molar-refractivity contribution >= 4 is 10.0 Å². The molecule has 0 radical (unpaired) electrons. The highest BCUT2D eigenvalue weighted by Crippen LogP contribution is 2.21. The van der Waals surface area contributed by atoms with Crippen LogP contribution in [0.25, 0.3) is 0 Å². The lowest BCUT2D eigenvalue weighted by Crippen LogP contribution is -2.34. The molecule has 1 aromatic carbocycles. The summed E-state index contributed by atoms with van der Waals surface area (Å²) in [6, 6.07) is 5.63. The zero-order valence-electron chi connectivity index (χ0n) is 9.63. The van der Waals surface area contributed by atoms with Crippen molar-refractivity contribution in [1.82, 2.24) is 4.31 Å². The Labute approximate surface area is 101 Å². The summed E-state index contributed by atoms with van der Waals surface area (Å²) in [4.78, 5) is 0.225. The van der Waals surface area contributed by atoms with Gasteiger partial charge >= 0.3 is 0 Å². The van der Waals surface area contributed by atoms with E-state index in [1.165, 1.54) is 34.1 Å². The van der Waals surface area contributed by atoms with E-state index in [1.807, 2.05) is 13.0 Å². The van der Waals surface area contributed by atoms with Crippen molar-refractivity contribution in [2.75, 3.05) is 13.1 Å². The smallest absolute Gasteiger partial charge is 0.243 e. The van der Waals surface area contributed by atoms with Gasteiger partial charge in [0.2, 0.25) is 10.0 Å². The van der Waals surface area contributed by atoms with Gasteiger partial charge in [-0.3, -0.25) is 0 Å². The van der Waals surface area contributed by atoms with Gasteiger partial charge in [0.05, 0.1) is 4.90 Å². The number of benzene rings is 1. The fourth-order valence-electron chi connectivity index (χ4n) is 1.74. The van der Waals surface area contributed by atoms with Crippen molar-refractivity contribution < 1.29 is 13.5 Å². The Kier molecular flexibility index (Phi) is 3.22. The predicted molar refractivity (Wildman–Crippen MR) is 65.2 cm³/mol. The van der Waals surface area contributed by atoms with Gasteiger partial charge in [0.25, 0.3) is 0 Å². The number of phenolic OH excluding ortho intramolecular Hbond substituents is 1. The van der Waals surface area contributed by atoms with E-state index in [0.717, 1.165) is 6.42 Å². The molecule has 0 aromatic heterocycles. The van der Waals surface area contributed by atoms with Gasteiger partial charge in [0.1, 0.15) is 5.75 Å². The Hall–Kier alpha value is -1.33. The molecule has 0 bridgehead atoms. The Balaban J connectivity index is 2.28. The number of rotatable bonds is 2. The molecule has 0 fully saturated rings. The Morgan fingerprint density at radius 2 is 1.88 bits per heavy atom. The maximum atomic E-state index is 12.2. The molecule has 0 saturated heterocycles. The highest BCUT2D eigenvalue weighted by atomic mass is 32.2. The van der Waals surface area contributed by atoms with E-state index in [9.17, 15) is 8.42 Å². The van der Waals surface area contributed by atoms with E-state index in [4.69, 9.17) is 5.11 Å². The first-order chi connectivity index (χ1) is 8.00. The van der Waals surface area contributed by atoms with Crippen molar-refractivity contribution in [3.63, 3.8) is 0 Å². The van der Waals surface area contributed by atoms with Crippen LogP contribution in [0.5, 0.6) is 5.75 Å². The molecule has 1 aromatic rings. The Morgan fingerprint density at radius 1 is 1.24 bits per heavy atom. The Morgan fingerprint density at radius 3 is 2.41 bits per heavy atom. The maximum Gasteiger partial charge on any atom is 0.243 e. The van der Waals surface area contributed by atoms with Gasteiger partial charge in [-0.15, -0.1) is 0 Å². The fraction of sp³-hybridized carbons (Fsp3) is 0.333. The van der Waals surface area contributed by atoms with Gasteiger partial charge in [-0.05, 0) is 37.6 Å². The zero-order valence-corrected chi connectivity index (χ0v) is 10.4. The first kappa shape index (κ1) is 12.1. The van der Waals surface area contributed by atoms with E-state index < -0.39 is 10.0 Å². The minimum atomic E-state index is -3.42. The summed E-state index contributed by atoms with van der Waals surface area (Å²) in [5.41, 5.74) is 1.22. The molecule has 92 valence electrons. The van der Waals surface area contributed by atoms with Crippen LogP contribution in [0, 0.1) is 0 Å². The molecule has 0 spiro atoms. The largest absolute Gasteiger partial charge is 0.508 e. The van der Waals surface area contributed by atoms with E-state index >= 15 is 0 Å². The lowest BCUT2D eigenvalue weighted by molar-refractivity contribution is 0.431. The highest BCUT2D eigenvalue weighted by Gasteiger charge is 2.25. The highest BCUT2D eigenvalue weighted by molar-refractivity contribution is 7.89. The monoisotopic (exact) mass is 253 g/mol. The molecule has 1 N–H and O–H groups in total. The van der Waals surface area contributed by atoms with Crippen LogP contribution in [-0.4, -0.2) is 30.9 Å². The third-order valence-electron chi connectivity index (χ3n) is 2.87. The third kappa shape index (κ3) is 2.50. The second-order valence-electron chi connectivity index (χ2n) is 4.16. The lowest BCUT2D eigenvalue weighted by atomic mass is 10.1. The first-order valence-electron chi connectivity index (χ1n) is 5.45. The molecule has 0 aliphatic carbocycles. The first-order valence-corrected chi connectivity index (χ1v) is 6.89. The molecule has 1 aliphatic heterocycles. The zero-order chi connectivity index (χ0) is 12.5. The fourth-order valence-corrected chi connectivity index (χ4v) is 3.12. The van der Waals surface area contributed by atoms with Crippen LogP contribution in [-0.2, 0) is 10.0 Å². The summed E-state index contributed by atoms with van der Waals surface area (Å²) in [5.74, 6) is 0.0679. The van der Waals surface area contributed by atoms with Gasteiger partial charge < -0.3 is 5.11 Å². The summed E-state index contributed by atoms with van der Waals surface area (Å²) in [5, 5.41) is 9.15. The van der Waals surface area contributed by atoms with Crippen molar-refractivity contribution in [1.29, 1.82) is 0 Å². The standard InChI is InChI=1S/C12H15NO3S/c1-10-6-8-13(9-7-10)17(15,16)12-4-2-11(14)3-5-12/h2-6,14H,7-9H2,1H3. The number of phenols is 1. The van der Waals surface area contributed by atoms with Crippen molar-refractivity contribution in [2.45, 2.75) is 18.2 Å². The van der Waals surface area contributed by atoms with Gasteiger partial charge in [0.15, 0.2) is 0 Å². The molecule has 0 amide bonds. The van der Waals surface area contributed by atoms with E-state index in [0.29, 0.717) is 13.1 Å². The van der Waals surface area contributed by atoms with E-state index in [2.05, 4.69) is 0 Å². The number of aromatic hydroxyl groups is 1. The SMILES string of the molecule is CC1=CCN(S(=O)(=O)c2ccc(O)cc2)CC1. The summed E-state index contributed by atoms with van der Waals surface area (Å²) in [6.07, 6.45) is 2.71. The minimum Gasteiger partial charge on any atom is -0.508 e. The van der Waals surface area contributed by atoms with E-state index in [-0.39, 0.29) is 10.6 Å². The molecule has 2 rings (SSSR count). The summed E-state index contributed by atoms with van der Waals surface area (Å²) in [7, 11) is -3.42. The number of nitrogens with zero attached hydrogens (tertiary/aromatic N) is 1. The van der Waals surface area contributed by atoms with Crippen LogP contribution in [0.3, 0.4) is 0 Å². The second kappa shape index (κ2) is 4.50. The maximum absolute atomic E-state index is 12.2. The molecule has 17 heavy (non-hydrogen) atoms. The third-order valence-corrected chi connectivity index (χ3v) is 4.75. The van der Waals surface area contributed by atoms with E-state index in [1.54, 1.807) is 0 Å². The molecule has 5 heteroatoms. The number of hydrogen-bond acceptors (Lipinski definition) is 3. The second-order valence-corrected chi connectivity index (χ2v) is 6.10. The van der Waals surface area contributed by atoms with Crippen molar-refractivity contribution in [2.24, 2.45) is 0 Å². The van der Waals surface area contributed by atoms with Crippen molar-refractivity contribution in [3.05, 3.63) is 35.9 Å². The average Bonchev–Trinajstić information content (AvgIpc) is 2.30. The van der Waals surface area contributed by atoms with Crippen LogP contribution in [0.1, 0.15) is 13.3 Å². The summed E-state index contributed by atoms with van der Waals surface area (Å²) in [6.45, 7) is 2.95. The van der Waals surface area contributed by atoms with Gasteiger partial charge in [0, 0.05) is 13.1 Å². The van der Waals surface area contributed by atoms with Crippen LogP contribution >= 0.6 is 0 Å². The number of hydrogen-bond donors (Lipinski definition) is 1. The lowest BCUT2D eigenvalue weighted by Gasteiger charge is -2.24. The van der Waals surface area contributed by atoms with Gasteiger partial charge in [-0.2, -0.15) is 4.31 Å². The average molecular weight is 253 g/mol. The van der Waals surface area contributed by atoms with Gasteiger partial charge in [-0.1, -0.05) is 11.6 Å².